The number of aromatic nitrogens is 5. The maximum atomic E-state index is 12.1. The van der Waals surface area contributed by atoms with Crippen LogP contribution in [0.5, 0.6) is 0 Å². The third-order valence-electron chi connectivity index (χ3n) is 3.30. The molecular weight excluding hydrogens is 431 g/mol. The first-order chi connectivity index (χ1) is 11.9. The van der Waals surface area contributed by atoms with E-state index in [-0.39, 0.29) is 18.3 Å². The summed E-state index contributed by atoms with van der Waals surface area (Å²) in [5.41, 5.74) is 1.44. The number of rotatable bonds is 4. The molecule has 1 N–H and O–H groups in total. The van der Waals surface area contributed by atoms with Crippen LogP contribution in [-0.4, -0.2) is 31.1 Å². The van der Waals surface area contributed by atoms with Crippen molar-refractivity contribution in [1.82, 2.24) is 25.2 Å². The van der Waals surface area contributed by atoms with E-state index in [1.54, 1.807) is 6.92 Å². The van der Waals surface area contributed by atoms with Gasteiger partial charge in [-0.05, 0) is 42.0 Å². The maximum absolute atomic E-state index is 12.1. The van der Waals surface area contributed by atoms with E-state index in [1.165, 1.54) is 11.0 Å². The van der Waals surface area contributed by atoms with Crippen LogP contribution >= 0.6 is 39.1 Å². The predicted octanol–water partition coefficient (Wildman–Crippen LogP) is 3.75. The van der Waals surface area contributed by atoms with Gasteiger partial charge in [0.15, 0.2) is 5.82 Å². The van der Waals surface area contributed by atoms with Gasteiger partial charge in [0.1, 0.15) is 6.54 Å². The summed E-state index contributed by atoms with van der Waals surface area (Å²) in [5.74, 6) is 0.288. The Hall–Kier alpha value is -2.03. The van der Waals surface area contributed by atoms with Gasteiger partial charge in [-0.1, -0.05) is 39.1 Å². The van der Waals surface area contributed by atoms with Gasteiger partial charge >= 0.3 is 0 Å². The fourth-order valence-corrected chi connectivity index (χ4v) is 2.62. The van der Waals surface area contributed by atoms with Crippen molar-refractivity contribution in [1.29, 1.82) is 0 Å². The van der Waals surface area contributed by atoms with Crippen molar-refractivity contribution in [2.75, 3.05) is 5.32 Å². The molecule has 0 aliphatic carbocycles. The Morgan fingerprint density at radius 1 is 1.28 bits per heavy atom. The Morgan fingerprint density at radius 2 is 2.00 bits per heavy atom. The van der Waals surface area contributed by atoms with Gasteiger partial charge < -0.3 is 5.32 Å². The van der Waals surface area contributed by atoms with Gasteiger partial charge in [-0.15, -0.1) is 10.2 Å². The van der Waals surface area contributed by atoms with Gasteiger partial charge in [0.2, 0.25) is 11.7 Å². The van der Waals surface area contributed by atoms with Crippen LogP contribution in [0.1, 0.15) is 5.56 Å². The zero-order valence-electron chi connectivity index (χ0n) is 12.9. The number of amides is 1. The molecule has 0 unspecified atom stereocenters. The first-order valence-electron chi connectivity index (χ1n) is 7.08. The van der Waals surface area contributed by atoms with Crippen LogP contribution in [0.15, 0.2) is 34.9 Å². The number of carbonyl (C=O) groups is 1. The molecule has 0 saturated carbocycles. The van der Waals surface area contributed by atoms with Crippen LogP contribution in [0.2, 0.25) is 10.0 Å². The summed E-state index contributed by atoms with van der Waals surface area (Å²) in [6.07, 6.45) is 1.43. The quantitative estimate of drug-likeness (QED) is 0.666. The van der Waals surface area contributed by atoms with Crippen molar-refractivity contribution in [2.45, 2.75) is 13.5 Å². The Labute approximate surface area is 161 Å². The Balaban J connectivity index is 1.70. The minimum absolute atomic E-state index is 0.122. The highest BCUT2D eigenvalue weighted by Crippen LogP contribution is 2.28. The van der Waals surface area contributed by atoms with Crippen LogP contribution < -0.4 is 5.32 Å². The minimum atomic E-state index is -0.379. The van der Waals surface area contributed by atoms with Crippen molar-refractivity contribution in [2.24, 2.45) is 0 Å². The molecule has 0 saturated heterocycles. The van der Waals surface area contributed by atoms with Gasteiger partial charge in [0.05, 0.1) is 10.0 Å². The predicted molar refractivity (Wildman–Crippen MR) is 98.6 cm³/mol. The molecule has 3 aromatic rings. The highest BCUT2D eigenvalue weighted by Gasteiger charge is 2.13. The fourth-order valence-electron chi connectivity index (χ4n) is 1.97. The first kappa shape index (κ1) is 17.8. The molecule has 0 radical (unpaired) electrons. The second-order valence-electron chi connectivity index (χ2n) is 5.09. The lowest BCUT2D eigenvalue weighted by Gasteiger charge is -2.08. The summed E-state index contributed by atoms with van der Waals surface area (Å²) in [7, 11) is 0. The number of halogens is 3. The van der Waals surface area contributed by atoms with E-state index < -0.39 is 0 Å². The average Bonchev–Trinajstić information content (AvgIpc) is 3.04. The number of hydrogen-bond acceptors (Lipinski definition) is 5. The Kier molecular flexibility index (Phi) is 5.31. The largest absolute Gasteiger partial charge is 0.308 e. The van der Waals surface area contributed by atoms with E-state index >= 15 is 0 Å². The van der Waals surface area contributed by atoms with Crippen LogP contribution in [0.4, 0.5) is 5.82 Å². The van der Waals surface area contributed by atoms with E-state index in [0.717, 1.165) is 10.0 Å². The molecule has 128 valence electrons. The van der Waals surface area contributed by atoms with Gasteiger partial charge in [-0.2, -0.15) is 4.80 Å². The molecule has 7 nitrogen and oxygen atoms in total. The molecule has 2 heterocycles. The standard InChI is InChI=1S/C15H11BrCl2N6O/c1-8-11(17)6-19-15(13(8)18)20-12(25)7-24-22-14(21-23-24)9-2-4-10(16)5-3-9/h2-6H,7H2,1H3,(H,19,20,25). The third kappa shape index (κ3) is 4.15. The molecule has 0 fully saturated rings. The van der Waals surface area contributed by atoms with Crippen molar-refractivity contribution >= 4 is 50.9 Å². The summed E-state index contributed by atoms with van der Waals surface area (Å²) < 4.78 is 0.950. The van der Waals surface area contributed by atoms with Crippen molar-refractivity contribution in [3.63, 3.8) is 0 Å². The van der Waals surface area contributed by atoms with E-state index in [9.17, 15) is 4.79 Å². The van der Waals surface area contributed by atoms with Gasteiger partial charge in [0.25, 0.3) is 0 Å². The van der Waals surface area contributed by atoms with Crippen molar-refractivity contribution < 1.29 is 4.79 Å². The SMILES string of the molecule is Cc1c(Cl)cnc(NC(=O)Cn2nnc(-c3ccc(Br)cc3)n2)c1Cl. The summed E-state index contributed by atoms with van der Waals surface area (Å²) in [4.78, 5) is 17.4. The number of benzene rings is 1. The maximum Gasteiger partial charge on any atom is 0.249 e. The molecule has 0 bridgehead atoms. The molecule has 0 aliphatic rings. The van der Waals surface area contributed by atoms with E-state index in [1.807, 2.05) is 24.3 Å². The van der Waals surface area contributed by atoms with Crippen LogP contribution in [-0.2, 0) is 11.3 Å². The number of tetrazole rings is 1. The number of carbonyl (C=O) groups excluding carboxylic acids is 1. The molecule has 0 atom stereocenters. The lowest BCUT2D eigenvalue weighted by atomic mass is 10.2. The van der Waals surface area contributed by atoms with E-state index in [2.05, 4.69) is 41.6 Å². The van der Waals surface area contributed by atoms with E-state index in [4.69, 9.17) is 23.2 Å². The number of nitrogens with one attached hydrogen (secondary N) is 1. The average molecular weight is 442 g/mol. The summed E-state index contributed by atoms with van der Waals surface area (Å²) >= 11 is 15.4. The highest BCUT2D eigenvalue weighted by molar-refractivity contribution is 9.10. The number of pyridine rings is 1. The van der Waals surface area contributed by atoms with Crippen molar-refractivity contribution in [3.05, 3.63) is 50.5 Å². The lowest BCUT2D eigenvalue weighted by molar-refractivity contribution is -0.117. The van der Waals surface area contributed by atoms with E-state index in [0.29, 0.717) is 21.4 Å². The zero-order valence-corrected chi connectivity index (χ0v) is 16.0. The number of hydrogen-bond donors (Lipinski definition) is 1. The normalized spacial score (nSPS) is 10.7. The molecule has 0 aliphatic heterocycles. The van der Waals surface area contributed by atoms with Gasteiger partial charge in [0, 0.05) is 16.2 Å². The second kappa shape index (κ2) is 7.47. The zero-order chi connectivity index (χ0) is 18.0. The number of anilines is 1. The first-order valence-corrected chi connectivity index (χ1v) is 8.63. The molecule has 25 heavy (non-hydrogen) atoms. The van der Waals surface area contributed by atoms with Gasteiger partial charge in [-0.25, -0.2) is 4.98 Å². The van der Waals surface area contributed by atoms with Crippen LogP contribution in [0.25, 0.3) is 11.4 Å². The highest BCUT2D eigenvalue weighted by atomic mass is 79.9. The lowest BCUT2D eigenvalue weighted by Crippen LogP contribution is -2.21. The molecular formula is C15H11BrCl2N6O. The summed E-state index contributed by atoms with van der Waals surface area (Å²) in [5, 5.41) is 15.3. The summed E-state index contributed by atoms with van der Waals surface area (Å²) in [6.45, 7) is 1.62. The third-order valence-corrected chi connectivity index (χ3v) is 4.67. The topological polar surface area (TPSA) is 85.6 Å². The molecule has 3 rings (SSSR count). The Bertz CT molecular complexity index is 928. The Morgan fingerprint density at radius 3 is 2.72 bits per heavy atom. The van der Waals surface area contributed by atoms with Crippen LogP contribution in [0.3, 0.4) is 0 Å². The minimum Gasteiger partial charge on any atom is -0.308 e. The molecule has 1 amide bonds. The molecule has 1 aromatic carbocycles. The van der Waals surface area contributed by atoms with Crippen LogP contribution in [0, 0.1) is 6.92 Å². The number of nitrogens with zero attached hydrogens (tertiary/aromatic N) is 5. The molecule has 10 heteroatoms. The second-order valence-corrected chi connectivity index (χ2v) is 6.79. The fraction of sp³-hybridized carbons (Fsp3) is 0.133. The van der Waals surface area contributed by atoms with Gasteiger partial charge in [-0.3, -0.25) is 4.79 Å². The molecule has 0 spiro atoms. The summed E-state index contributed by atoms with van der Waals surface area (Å²) in [6, 6.07) is 7.45. The van der Waals surface area contributed by atoms with Crippen molar-refractivity contribution in [3.8, 4) is 11.4 Å². The molecule has 2 aromatic heterocycles. The monoisotopic (exact) mass is 440 g/mol. The smallest absolute Gasteiger partial charge is 0.249 e.